The van der Waals surface area contributed by atoms with Crippen molar-refractivity contribution >= 4 is 29.2 Å². The Balaban J connectivity index is 1.59. The smallest absolute Gasteiger partial charge is 0.340 e. The third-order valence-electron chi connectivity index (χ3n) is 3.62. The second-order valence-electron chi connectivity index (χ2n) is 5.24. The highest BCUT2D eigenvalue weighted by atomic mass is 35.5. The second-order valence-corrected chi connectivity index (χ2v) is 5.64. The molecule has 0 fully saturated rings. The third kappa shape index (κ3) is 3.63. The summed E-state index contributed by atoms with van der Waals surface area (Å²) in [5.41, 5.74) is 2.07. The number of carbonyl (C=O) groups excluding carboxylic acids is 2. The van der Waals surface area contributed by atoms with Crippen molar-refractivity contribution in [3.8, 4) is 0 Å². The van der Waals surface area contributed by atoms with Crippen LogP contribution < -0.4 is 0 Å². The number of nitrogens with zero attached hydrogens (tertiary/aromatic N) is 2. The molecule has 5 nitrogen and oxygen atoms in total. The molecular formula is C18H15ClN2O3. The zero-order chi connectivity index (χ0) is 16.9. The lowest BCUT2D eigenvalue weighted by molar-refractivity contribution is -0.134. The normalized spacial score (nSPS) is 13.5. The molecule has 0 saturated heterocycles. The van der Waals surface area contributed by atoms with Gasteiger partial charge in [-0.25, -0.2) is 9.80 Å². The lowest BCUT2D eigenvalue weighted by Gasteiger charge is -2.11. The van der Waals surface area contributed by atoms with Crippen molar-refractivity contribution in [1.82, 2.24) is 5.01 Å². The average molecular weight is 343 g/mol. The van der Waals surface area contributed by atoms with Gasteiger partial charge in [0.25, 0.3) is 5.91 Å². The Morgan fingerprint density at radius 2 is 1.79 bits per heavy atom. The maximum absolute atomic E-state index is 12.2. The van der Waals surface area contributed by atoms with Crippen LogP contribution in [-0.2, 0) is 9.53 Å². The summed E-state index contributed by atoms with van der Waals surface area (Å²) < 4.78 is 5.04. The second kappa shape index (κ2) is 7.27. The Morgan fingerprint density at radius 1 is 1.08 bits per heavy atom. The topological polar surface area (TPSA) is 59.0 Å². The van der Waals surface area contributed by atoms with E-state index in [0.29, 0.717) is 18.0 Å². The highest BCUT2D eigenvalue weighted by molar-refractivity contribution is 6.33. The van der Waals surface area contributed by atoms with E-state index in [1.54, 1.807) is 24.3 Å². The van der Waals surface area contributed by atoms with Crippen LogP contribution in [0.4, 0.5) is 0 Å². The van der Waals surface area contributed by atoms with Crippen LogP contribution in [0.3, 0.4) is 0 Å². The molecule has 0 N–H and O–H groups in total. The van der Waals surface area contributed by atoms with Gasteiger partial charge in [0.2, 0.25) is 0 Å². The SMILES string of the molecule is O=C(OCC(=O)N1CCC(c2ccccc2)=N1)c1ccccc1Cl. The zero-order valence-electron chi connectivity index (χ0n) is 12.8. The first kappa shape index (κ1) is 16.2. The first-order valence-corrected chi connectivity index (χ1v) is 7.88. The number of hydrogen-bond donors (Lipinski definition) is 0. The minimum absolute atomic E-state index is 0.238. The molecule has 0 unspecified atom stereocenters. The van der Waals surface area contributed by atoms with Crippen LogP contribution in [0.2, 0.25) is 5.02 Å². The predicted molar refractivity (Wildman–Crippen MR) is 91.0 cm³/mol. The Bertz CT molecular complexity index is 790. The standard InChI is InChI=1S/C18H15ClN2O3/c19-15-9-5-4-8-14(15)18(23)24-12-17(22)21-11-10-16(20-21)13-6-2-1-3-7-13/h1-9H,10-12H2. The fraction of sp³-hybridized carbons (Fsp3) is 0.167. The fourth-order valence-corrected chi connectivity index (χ4v) is 2.59. The summed E-state index contributed by atoms with van der Waals surface area (Å²) >= 11 is 5.93. The van der Waals surface area contributed by atoms with Crippen LogP contribution in [0, 0.1) is 0 Å². The summed E-state index contributed by atoms with van der Waals surface area (Å²) in [6.07, 6.45) is 0.675. The number of rotatable bonds is 4. The van der Waals surface area contributed by atoms with E-state index in [0.717, 1.165) is 11.3 Å². The molecule has 1 heterocycles. The minimum Gasteiger partial charge on any atom is -0.452 e. The largest absolute Gasteiger partial charge is 0.452 e. The quantitative estimate of drug-likeness (QED) is 0.802. The molecule has 6 heteroatoms. The van der Waals surface area contributed by atoms with Gasteiger partial charge in [0, 0.05) is 6.42 Å². The molecule has 2 aromatic carbocycles. The Kier molecular flexibility index (Phi) is 4.91. The van der Waals surface area contributed by atoms with E-state index in [2.05, 4.69) is 5.10 Å². The van der Waals surface area contributed by atoms with Gasteiger partial charge < -0.3 is 4.74 Å². The molecule has 0 radical (unpaired) electrons. The number of benzene rings is 2. The van der Waals surface area contributed by atoms with Crippen molar-refractivity contribution in [3.63, 3.8) is 0 Å². The molecule has 0 saturated carbocycles. The summed E-state index contributed by atoms with van der Waals surface area (Å²) in [5.74, 6) is -0.984. The van der Waals surface area contributed by atoms with E-state index in [1.165, 1.54) is 5.01 Å². The van der Waals surface area contributed by atoms with Gasteiger partial charge >= 0.3 is 5.97 Å². The molecule has 1 aliphatic heterocycles. The van der Waals surface area contributed by atoms with E-state index in [-0.39, 0.29) is 18.1 Å². The number of carbonyl (C=O) groups is 2. The van der Waals surface area contributed by atoms with Gasteiger partial charge in [-0.1, -0.05) is 54.1 Å². The average Bonchev–Trinajstić information content (AvgIpc) is 3.11. The summed E-state index contributed by atoms with van der Waals surface area (Å²) in [4.78, 5) is 24.1. The Labute approximate surface area is 144 Å². The number of hydrogen-bond acceptors (Lipinski definition) is 4. The number of hydrazone groups is 1. The maximum Gasteiger partial charge on any atom is 0.340 e. The lowest BCUT2D eigenvalue weighted by Crippen LogP contribution is -2.28. The summed E-state index contributed by atoms with van der Waals surface area (Å²) in [5, 5.41) is 5.94. The maximum atomic E-state index is 12.2. The van der Waals surface area contributed by atoms with Crippen LogP contribution in [0.5, 0.6) is 0 Å². The fourth-order valence-electron chi connectivity index (χ4n) is 2.38. The van der Waals surface area contributed by atoms with Crippen molar-refractivity contribution < 1.29 is 14.3 Å². The van der Waals surface area contributed by atoms with Gasteiger partial charge in [-0.3, -0.25) is 4.79 Å². The molecular weight excluding hydrogens is 328 g/mol. The van der Waals surface area contributed by atoms with E-state index >= 15 is 0 Å². The predicted octanol–water partition coefficient (Wildman–Crippen LogP) is 3.13. The zero-order valence-corrected chi connectivity index (χ0v) is 13.6. The third-order valence-corrected chi connectivity index (χ3v) is 3.95. The molecule has 0 atom stereocenters. The van der Waals surface area contributed by atoms with Gasteiger partial charge in [0.05, 0.1) is 22.8 Å². The summed E-state index contributed by atoms with van der Waals surface area (Å²) in [7, 11) is 0. The highest BCUT2D eigenvalue weighted by Gasteiger charge is 2.23. The molecule has 24 heavy (non-hydrogen) atoms. The van der Waals surface area contributed by atoms with Crippen LogP contribution in [0.15, 0.2) is 59.7 Å². The summed E-state index contributed by atoms with van der Waals surface area (Å²) in [6.45, 7) is 0.113. The molecule has 1 aliphatic rings. The molecule has 122 valence electrons. The number of ether oxygens (including phenoxy) is 1. The van der Waals surface area contributed by atoms with Crippen LogP contribution >= 0.6 is 11.6 Å². The van der Waals surface area contributed by atoms with Crippen LogP contribution in [-0.4, -0.2) is 35.7 Å². The first-order chi connectivity index (χ1) is 11.6. The van der Waals surface area contributed by atoms with Crippen molar-refractivity contribution in [1.29, 1.82) is 0 Å². The van der Waals surface area contributed by atoms with E-state index < -0.39 is 5.97 Å². The molecule has 2 aromatic rings. The Hall–Kier alpha value is -2.66. The highest BCUT2D eigenvalue weighted by Crippen LogP contribution is 2.17. The first-order valence-electron chi connectivity index (χ1n) is 7.50. The van der Waals surface area contributed by atoms with Crippen LogP contribution in [0.1, 0.15) is 22.3 Å². The monoisotopic (exact) mass is 342 g/mol. The minimum atomic E-state index is -0.625. The molecule has 1 amide bonds. The summed E-state index contributed by atoms with van der Waals surface area (Å²) in [6, 6.07) is 16.2. The van der Waals surface area contributed by atoms with Gasteiger partial charge in [0.1, 0.15) is 0 Å². The van der Waals surface area contributed by atoms with Crippen LogP contribution in [0.25, 0.3) is 0 Å². The molecule has 0 aliphatic carbocycles. The lowest BCUT2D eigenvalue weighted by atomic mass is 10.1. The van der Waals surface area contributed by atoms with Gasteiger partial charge in [-0.15, -0.1) is 0 Å². The van der Waals surface area contributed by atoms with E-state index in [9.17, 15) is 9.59 Å². The number of esters is 1. The van der Waals surface area contributed by atoms with E-state index in [1.807, 2.05) is 30.3 Å². The number of halogens is 1. The molecule has 0 spiro atoms. The van der Waals surface area contributed by atoms with E-state index in [4.69, 9.17) is 16.3 Å². The van der Waals surface area contributed by atoms with Gasteiger partial charge in [-0.2, -0.15) is 5.10 Å². The van der Waals surface area contributed by atoms with Crippen molar-refractivity contribution in [2.75, 3.05) is 13.2 Å². The van der Waals surface area contributed by atoms with Crippen molar-refractivity contribution in [3.05, 3.63) is 70.7 Å². The van der Waals surface area contributed by atoms with Gasteiger partial charge in [-0.05, 0) is 17.7 Å². The number of amides is 1. The van der Waals surface area contributed by atoms with Crippen molar-refractivity contribution in [2.24, 2.45) is 5.10 Å². The van der Waals surface area contributed by atoms with Gasteiger partial charge in [0.15, 0.2) is 6.61 Å². The van der Waals surface area contributed by atoms with Crippen molar-refractivity contribution in [2.45, 2.75) is 6.42 Å². The molecule has 0 bridgehead atoms. The molecule has 3 rings (SSSR count). The molecule has 0 aromatic heterocycles. The Morgan fingerprint density at radius 3 is 2.54 bits per heavy atom.